The van der Waals surface area contributed by atoms with Gasteiger partial charge in [-0.15, -0.1) is 0 Å². The number of ether oxygens (including phenoxy) is 1. The second kappa shape index (κ2) is 5.83. The minimum atomic E-state index is -1.17. The van der Waals surface area contributed by atoms with Crippen LogP contribution in [0, 0.1) is 0 Å². The van der Waals surface area contributed by atoms with Gasteiger partial charge in [0.1, 0.15) is 6.10 Å². The van der Waals surface area contributed by atoms with Crippen LogP contribution in [0.3, 0.4) is 0 Å². The highest BCUT2D eigenvalue weighted by molar-refractivity contribution is 5.93. The molecule has 1 unspecified atom stereocenters. The van der Waals surface area contributed by atoms with E-state index in [1.807, 2.05) is 0 Å². The molecule has 1 heterocycles. The summed E-state index contributed by atoms with van der Waals surface area (Å²) in [5.74, 6) is -1.03. The molecular formula is C12H19N3O4. The topological polar surface area (TPSA) is 93.5 Å². The van der Waals surface area contributed by atoms with Gasteiger partial charge < -0.3 is 15.2 Å². The third-order valence-corrected chi connectivity index (χ3v) is 2.72. The Morgan fingerprint density at radius 1 is 1.58 bits per heavy atom. The molecule has 0 aromatic carbocycles. The fourth-order valence-corrected chi connectivity index (χ4v) is 1.35. The van der Waals surface area contributed by atoms with Gasteiger partial charge in [0.2, 0.25) is 0 Å². The van der Waals surface area contributed by atoms with Crippen molar-refractivity contribution in [1.82, 2.24) is 9.78 Å². The van der Waals surface area contributed by atoms with Gasteiger partial charge in [0, 0.05) is 18.9 Å². The second-order valence-corrected chi connectivity index (χ2v) is 4.60. The van der Waals surface area contributed by atoms with Gasteiger partial charge in [-0.25, -0.2) is 4.79 Å². The zero-order valence-corrected chi connectivity index (χ0v) is 11.5. The smallest absolute Gasteiger partial charge is 0.331 e. The number of carbonyl (C=O) groups is 2. The molecule has 2 N–H and O–H groups in total. The van der Waals surface area contributed by atoms with E-state index in [0.29, 0.717) is 12.4 Å². The van der Waals surface area contributed by atoms with Gasteiger partial charge in [0.25, 0.3) is 5.91 Å². The molecule has 19 heavy (non-hydrogen) atoms. The van der Waals surface area contributed by atoms with Gasteiger partial charge in [-0.05, 0) is 27.7 Å². The van der Waals surface area contributed by atoms with Crippen LogP contribution in [-0.2, 0) is 19.9 Å². The van der Waals surface area contributed by atoms with Crippen LogP contribution >= 0.6 is 0 Å². The maximum absolute atomic E-state index is 11.7. The number of nitrogens with one attached hydrogen (secondary N) is 1. The molecule has 0 aliphatic rings. The number of amides is 1. The molecule has 1 rings (SSSR count). The standard InChI is InChI=1S/C12H19N3O4/c1-5-19-8(2)10(16)13-9-6-7-15(14-9)12(3,4)11(17)18/h6-8H,5H2,1-4H3,(H,17,18)(H,13,14,16). The third-order valence-electron chi connectivity index (χ3n) is 2.72. The molecule has 0 radical (unpaired) electrons. The first-order chi connectivity index (χ1) is 8.78. The zero-order chi connectivity index (χ0) is 14.6. The molecular weight excluding hydrogens is 250 g/mol. The van der Waals surface area contributed by atoms with Crippen LogP contribution < -0.4 is 5.32 Å². The largest absolute Gasteiger partial charge is 0.479 e. The van der Waals surface area contributed by atoms with E-state index in [1.165, 1.54) is 24.7 Å². The average Bonchev–Trinajstić information content (AvgIpc) is 2.78. The first-order valence-corrected chi connectivity index (χ1v) is 6.01. The van der Waals surface area contributed by atoms with Gasteiger partial charge in [0.15, 0.2) is 11.4 Å². The van der Waals surface area contributed by atoms with E-state index in [2.05, 4.69) is 10.4 Å². The Labute approximate surface area is 111 Å². The number of carbonyl (C=O) groups excluding carboxylic acids is 1. The lowest BCUT2D eigenvalue weighted by molar-refractivity contribution is -0.146. The predicted octanol–water partition coefficient (Wildman–Crippen LogP) is 1.07. The summed E-state index contributed by atoms with van der Waals surface area (Å²) < 4.78 is 6.44. The van der Waals surface area contributed by atoms with Gasteiger partial charge in [-0.3, -0.25) is 9.48 Å². The van der Waals surface area contributed by atoms with Gasteiger partial charge in [-0.1, -0.05) is 0 Å². The van der Waals surface area contributed by atoms with E-state index in [9.17, 15) is 9.59 Å². The monoisotopic (exact) mass is 269 g/mol. The molecule has 7 nitrogen and oxygen atoms in total. The molecule has 0 spiro atoms. The second-order valence-electron chi connectivity index (χ2n) is 4.60. The quantitative estimate of drug-likeness (QED) is 0.805. The van der Waals surface area contributed by atoms with Gasteiger partial charge in [-0.2, -0.15) is 5.10 Å². The number of aromatic nitrogens is 2. The summed E-state index contributed by atoms with van der Waals surface area (Å²) in [6.45, 7) is 6.92. The van der Waals surface area contributed by atoms with Crippen LogP contribution in [-0.4, -0.2) is 39.5 Å². The van der Waals surface area contributed by atoms with Crippen molar-refractivity contribution >= 4 is 17.7 Å². The van der Waals surface area contributed by atoms with Crippen LogP contribution in [0.25, 0.3) is 0 Å². The lowest BCUT2D eigenvalue weighted by Crippen LogP contribution is -2.36. The van der Waals surface area contributed by atoms with Crippen LogP contribution in [0.5, 0.6) is 0 Å². The van der Waals surface area contributed by atoms with Crippen molar-refractivity contribution in [1.29, 1.82) is 0 Å². The molecule has 1 amide bonds. The normalized spacial score (nSPS) is 13.1. The molecule has 0 bridgehead atoms. The fourth-order valence-electron chi connectivity index (χ4n) is 1.35. The Balaban J connectivity index is 2.76. The van der Waals surface area contributed by atoms with Crippen molar-refractivity contribution in [3.05, 3.63) is 12.3 Å². The molecule has 0 saturated heterocycles. The van der Waals surface area contributed by atoms with Crippen LogP contribution in [0.1, 0.15) is 27.7 Å². The first kappa shape index (κ1) is 15.2. The summed E-state index contributed by atoms with van der Waals surface area (Å²) in [6, 6.07) is 1.54. The molecule has 1 aromatic heterocycles. The summed E-state index contributed by atoms with van der Waals surface area (Å²) in [4.78, 5) is 22.8. The maximum Gasteiger partial charge on any atom is 0.331 e. The Bertz CT molecular complexity index is 467. The molecule has 106 valence electrons. The number of hydrogen-bond acceptors (Lipinski definition) is 4. The van der Waals surface area contributed by atoms with Crippen molar-refractivity contribution in [3.63, 3.8) is 0 Å². The highest BCUT2D eigenvalue weighted by atomic mass is 16.5. The number of rotatable bonds is 6. The minimum absolute atomic E-state index is 0.297. The van der Waals surface area contributed by atoms with Crippen LogP contribution in [0.15, 0.2) is 12.3 Å². The molecule has 7 heteroatoms. The molecule has 0 fully saturated rings. The first-order valence-electron chi connectivity index (χ1n) is 6.01. The van der Waals surface area contributed by atoms with E-state index in [1.54, 1.807) is 19.9 Å². The number of anilines is 1. The Morgan fingerprint density at radius 3 is 2.74 bits per heavy atom. The SMILES string of the molecule is CCOC(C)C(=O)Nc1ccn(C(C)(C)C(=O)O)n1. The number of carboxylic acids is 1. The maximum atomic E-state index is 11.7. The van der Waals surface area contributed by atoms with E-state index >= 15 is 0 Å². The Morgan fingerprint density at radius 2 is 2.21 bits per heavy atom. The van der Waals surface area contributed by atoms with E-state index in [-0.39, 0.29) is 5.91 Å². The molecule has 1 aromatic rings. The molecule has 0 saturated carbocycles. The molecule has 1 atom stereocenters. The summed E-state index contributed by atoms with van der Waals surface area (Å²) in [5, 5.41) is 15.7. The van der Waals surface area contributed by atoms with Crippen molar-refractivity contribution < 1.29 is 19.4 Å². The molecule has 0 aliphatic carbocycles. The van der Waals surface area contributed by atoms with E-state index in [0.717, 1.165) is 0 Å². The average molecular weight is 269 g/mol. The highest BCUT2D eigenvalue weighted by Crippen LogP contribution is 2.16. The van der Waals surface area contributed by atoms with Gasteiger partial charge in [0.05, 0.1) is 0 Å². The number of aliphatic carboxylic acids is 1. The van der Waals surface area contributed by atoms with Crippen molar-refractivity contribution in [3.8, 4) is 0 Å². The minimum Gasteiger partial charge on any atom is -0.479 e. The lowest BCUT2D eigenvalue weighted by Gasteiger charge is -2.19. The van der Waals surface area contributed by atoms with E-state index < -0.39 is 17.6 Å². The number of hydrogen-bond donors (Lipinski definition) is 2. The van der Waals surface area contributed by atoms with Gasteiger partial charge >= 0.3 is 5.97 Å². The fraction of sp³-hybridized carbons (Fsp3) is 0.583. The Kier molecular flexibility index (Phi) is 4.66. The number of nitrogens with zero attached hydrogens (tertiary/aromatic N) is 2. The molecule has 0 aliphatic heterocycles. The zero-order valence-electron chi connectivity index (χ0n) is 11.5. The summed E-state index contributed by atoms with van der Waals surface area (Å²) in [5.41, 5.74) is -1.17. The van der Waals surface area contributed by atoms with Crippen molar-refractivity contribution in [2.24, 2.45) is 0 Å². The van der Waals surface area contributed by atoms with E-state index in [4.69, 9.17) is 9.84 Å². The predicted molar refractivity (Wildman–Crippen MR) is 68.9 cm³/mol. The van der Waals surface area contributed by atoms with Crippen molar-refractivity contribution in [2.75, 3.05) is 11.9 Å². The highest BCUT2D eigenvalue weighted by Gasteiger charge is 2.30. The van der Waals surface area contributed by atoms with Crippen LogP contribution in [0.2, 0.25) is 0 Å². The number of carboxylic acid groups (broad SMARTS) is 1. The van der Waals surface area contributed by atoms with Crippen molar-refractivity contribution in [2.45, 2.75) is 39.3 Å². The lowest BCUT2D eigenvalue weighted by atomic mass is 10.1. The van der Waals surface area contributed by atoms with Crippen LogP contribution in [0.4, 0.5) is 5.82 Å². The Hall–Kier alpha value is -1.89. The summed E-state index contributed by atoms with van der Waals surface area (Å²) >= 11 is 0. The summed E-state index contributed by atoms with van der Waals surface area (Å²) in [7, 11) is 0. The summed E-state index contributed by atoms with van der Waals surface area (Å²) in [6.07, 6.45) is 0.928. The third kappa shape index (κ3) is 3.54.